The Labute approximate surface area is 242 Å². The van der Waals surface area contributed by atoms with E-state index in [2.05, 4.69) is 15.3 Å². The van der Waals surface area contributed by atoms with Gasteiger partial charge in [-0.2, -0.15) is 0 Å². The maximum Gasteiger partial charge on any atom is 0.266 e. The number of benzene rings is 1. The highest BCUT2D eigenvalue weighted by Gasteiger charge is 2.53. The van der Waals surface area contributed by atoms with Crippen LogP contribution in [0.5, 0.6) is 11.5 Å². The summed E-state index contributed by atoms with van der Waals surface area (Å²) in [5.74, 6) is 0.872. The topological polar surface area (TPSA) is 114 Å². The first-order chi connectivity index (χ1) is 19.8. The average molecular weight is 576 g/mol. The molecular weight excluding hydrogens is 542 g/mol. The van der Waals surface area contributed by atoms with E-state index in [1.165, 1.54) is 11.3 Å². The van der Waals surface area contributed by atoms with Crippen molar-refractivity contribution in [2.24, 2.45) is 5.41 Å². The Balaban J connectivity index is 1.28. The fourth-order valence-electron chi connectivity index (χ4n) is 6.11. The lowest BCUT2D eigenvalue weighted by Gasteiger charge is -2.40. The average Bonchev–Trinajstić information content (AvgIpc) is 3.53. The second-order valence-corrected chi connectivity index (χ2v) is 12.2. The molecule has 1 saturated heterocycles. The van der Waals surface area contributed by atoms with Crippen molar-refractivity contribution in [2.75, 3.05) is 45.9 Å². The molecule has 0 aliphatic carbocycles. The highest BCUT2D eigenvalue weighted by Crippen LogP contribution is 2.52. The number of ether oxygens (including phenoxy) is 2. The van der Waals surface area contributed by atoms with Crippen LogP contribution in [0, 0.1) is 19.3 Å². The smallest absolute Gasteiger partial charge is 0.266 e. The molecule has 7 rings (SSSR count). The zero-order valence-corrected chi connectivity index (χ0v) is 24.0. The van der Waals surface area contributed by atoms with Gasteiger partial charge in [0.25, 0.3) is 5.91 Å². The standard InChI is InChI=1S/C30H33N5O5S/c1-19-28(41-20(2)33-19)29(38)34-10-5-11-39-24-8-3-7-22-23-14-35(26(37)12-21-6-4-9-31-13-21)17-30(23,18-40-27(22)24)16-32-25(36)15-34/h3-4,6-9,13,23H,5,10-12,14-18H2,1-2H3,(H,32,36)/t23-,30+/m0/s1. The number of aryl methyl sites for hydroxylation is 2. The largest absolute Gasteiger partial charge is 0.490 e. The molecule has 10 nitrogen and oxygen atoms in total. The van der Waals surface area contributed by atoms with Gasteiger partial charge in [-0.3, -0.25) is 19.4 Å². The lowest BCUT2D eigenvalue weighted by atomic mass is 9.73. The SMILES string of the molecule is Cc1nc(C)c(C(=O)N2CCCOc3cccc4c3OC[C@@]3(CNC(=O)C2)CN(C(=O)Cc2cccnc2)C[C@@H]43)s1. The number of aromatic nitrogens is 2. The van der Waals surface area contributed by atoms with E-state index >= 15 is 0 Å². The number of likely N-dealkylation sites (tertiary alicyclic amines) is 1. The van der Waals surface area contributed by atoms with Crippen molar-refractivity contribution >= 4 is 29.1 Å². The number of fused-ring (bicyclic) bond motifs is 9. The van der Waals surface area contributed by atoms with E-state index in [1.54, 1.807) is 17.3 Å². The van der Waals surface area contributed by atoms with Crippen molar-refractivity contribution in [1.82, 2.24) is 25.1 Å². The number of thiazole rings is 1. The van der Waals surface area contributed by atoms with Gasteiger partial charge < -0.3 is 24.6 Å². The Bertz CT molecular complexity index is 1480. The molecular formula is C30H33N5O5S. The molecule has 11 heteroatoms. The van der Waals surface area contributed by atoms with Gasteiger partial charge in [-0.1, -0.05) is 18.2 Å². The van der Waals surface area contributed by atoms with Crippen LogP contribution in [0.25, 0.3) is 0 Å². The van der Waals surface area contributed by atoms with Crippen LogP contribution in [0.1, 0.15) is 43.8 Å². The highest BCUT2D eigenvalue weighted by atomic mass is 32.1. The van der Waals surface area contributed by atoms with Gasteiger partial charge in [0.05, 0.1) is 36.9 Å². The van der Waals surface area contributed by atoms with Crippen molar-refractivity contribution in [3.8, 4) is 11.5 Å². The van der Waals surface area contributed by atoms with E-state index in [0.29, 0.717) is 67.9 Å². The lowest BCUT2D eigenvalue weighted by Crippen LogP contribution is -2.50. The van der Waals surface area contributed by atoms with Gasteiger partial charge >= 0.3 is 0 Å². The predicted molar refractivity (Wildman–Crippen MR) is 152 cm³/mol. The van der Waals surface area contributed by atoms with Gasteiger partial charge in [0.15, 0.2) is 11.5 Å². The van der Waals surface area contributed by atoms with E-state index in [9.17, 15) is 14.4 Å². The maximum absolute atomic E-state index is 13.4. The van der Waals surface area contributed by atoms with Crippen LogP contribution < -0.4 is 14.8 Å². The van der Waals surface area contributed by atoms with E-state index in [4.69, 9.17) is 9.47 Å². The number of hydrogen-bond acceptors (Lipinski definition) is 8. The molecule has 4 aliphatic heterocycles. The lowest BCUT2D eigenvalue weighted by molar-refractivity contribution is -0.129. The summed E-state index contributed by atoms with van der Waals surface area (Å²) >= 11 is 1.34. The minimum absolute atomic E-state index is 0.0111. The van der Waals surface area contributed by atoms with Gasteiger partial charge in [-0.15, -0.1) is 11.3 Å². The van der Waals surface area contributed by atoms with E-state index < -0.39 is 5.41 Å². The van der Waals surface area contributed by atoms with Crippen LogP contribution in [0.3, 0.4) is 0 Å². The van der Waals surface area contributed by atoms with Crippen molar-refractivity contribution < 1.29 is 23.9 Å². The second-order valence-electron chi connectivity index (χ2n) is 11.0. The summed E-state index contributed by atoms with van der Waals surface area (Å²) in [7, 11) is 0. The molecule has 214 valence electrons. The van der Waals surface area contributed by atoms with Crippen LogP contribution in [-0.2, 0) is 16.0 Å². The Morgan fingerprint density at radius 3 is 2.83 bits per heavy atom. The molecule has 2 aromatic heterocycles. The quantitative estimate of drug-likeness (QED) is 0.511. The molecule has 0 saturated carbocycles. The van der Waals surface area contributed by atoms with Gasteiger partial charge in [0.2, 0.25) is 11.8 Å². The Hall–Kier alpha value is -3.99. The van der Waals surface area contributed by atoms with E-state index in [1.807, 2.05) is 49.1 Å². The van der Waals surface area contributed by atoms with Gasteiger partial charge in [0, 0.05) is 55.5 Å². The number of carbonyl (C=O) groups excluding carboxylic acids is 3. The van der Waals surface area contributed by atoms with Gasteiger partial charge in [-0.05, 0) is 38.0 Å². The van der Waals surface area contributed by atoms with Crippen molar-refractivity contribution in [1.29, 1.82) is 0 Å². The monoisotopic (exact) mass is 575 g/mol. The van der Waals surface area contributed by atoms with Crippen molar-refractivity contribution in [3.63, 3.8) is 0 Å². The number of pyridine rings is 1. The zero-order valence-electron chi connectivity index (χ0n) is 23.2. The molecule has 4 aliphatic rings. The number of amides is 3. The van der Waals surface area contributed by atoms with E-state index in [-0.39, 0.29) is 36.6 Å². The summed E-state index contributed by atoms with van der Waals surface area (Å²) in [6, 6.07) is 9.60. The van der Waals surface area contributed by atoms with Crippen molar-refractivity contribution in [3.05, 3.63) is 69.4 Å². The molecule has 3 amide bonds. The van der Waals surface area contributed by atoms with Crippen LogP contribution in [0.2, 0.25) is 0 Å². The van der Waals surface area contributed by atoms with Gasteiger partial charge in [0.1, 0.15) is 4.88 Å². The number of carbonyl (C=O) groups is 3. The summed E-state index contributed by atoms with van der Waals surface area (Å²) in [5, 5.41) is 3.91. The molecule has 2 atom stereocenters. The Morgan fingerprint density at radius 2 is 2.05 bits per heavy atom. The highest BCUT2D eigenvalue weighted by molar-refractivity contribution is 7.13. The molecule has 1 aromatic carbocycles. The summed E-state index contributed by atoms with van der Waals surface area (Å²) < 4.78 is 12.5. The third kappa shape index (κ3) is 5.38. The molecule has 0 radical (unpaired) electrons. The first kappa shape index (κ1) is 27.2. The number of para-hydroxylation sites is 1. The molecule has 4 bridgehead atoms. The predicted octanol–water partition coefficient (Wildman–Crippen LogP) is 2.74. The first-order valence-corrected chi connectivity index (χ1v) is 14.7. The molecule has 41 heavy (non-hydrogen) atoms. The molecule has 6 heterocycles. The fourth-order valence-corrected chi connectivity index (χ4v) is 7.00. The molecule has 1 spiro atoms. The Kier molecular flexibility index (Phi) is 7.37. The first-order valence-electron chi connectivity index (χ1n) is 13.9. The fraction of sp³-hybridized carbons (Fsp3) is 0.433. The second kappa shape index (κ2) is 11.1. The maximum atomic E-state index is 13.4. The third-order valence-electron chi connectivity index (χ3n) is 8.15. The Morgan fingerprint density at radius 1 is 1.17 bits per heavy atom. The molecule has 3 aromatic rings. The molecule has 0 unspecified atom stereocenters. The third-order valence-corrected chi connectivity index (χ3v) is 9.22. The normalized spacial score (nSPS) is 22.3. The summed E-state index contributed by atoms with van der Waals surface area (Å²) in [5.41, 5.74) is 2.00. The van der Waals surface area contributed by atoms with Crippen LogP contribution in [-0.4, -0.2) is 83.4 Å². The van der Waals surface area contributed by atoms with E-state index in [0.717, 1.165) is 16.1 Å². The van der Waals surface area contributed by atoms with Crippen LogP contribution in [0.15, 0.2) is 42.7 Å². The zero-order chi connectivity index (χ0) is 28.6. The van der Waals surface area contributed by atoms with Crippen LogP contribution in [0.4, 0.5) is 0 Å². The number of nitrogens with one attached hydrogen (secondary N) is 1. The van der Waals surface area contributed by atoms with Crippen LogP contribution >= 0.6 is 11.3 Å². The number of hydrogen-bond donors (Lipinski definition) is 1. The van der Waals surface area contributed by atoms with Crippen molar-refractivity contribution in [2.45, 2.75) is 32.6 Å². The summed E-state index contributed by atoms with van der Waals surface area (Å²) in [4.78, 5) is 52.7. The minimum atomic E-state index is -0.518. The number of rotatable bonds is 3. The summed E-state index contributed by atoms with van der Waals surface area (Å²) in [6.07, 6.45) is 4.20. The number of nitrogens with zero attached hydrogens (tertiary/aromatic N) is 4. The van der Waals surface area contributed by atoms with Gasteiger partial charge in [-0.25, -0.2) is 4.98 Å². The summed E-state index contributed by atoms with van der Waals surface area (Å²) in [6.45, 7) is 5.95. The molecule has 1 N–H and O–H groups in total. The minimum Gasteiger partial charge on any atom is -0.490 e. The molecule has 1 fully saturated rings.